The maximum atomic E-state index is 15.0. The van der Waals surface area contributed by atoms with Gasteiger partial charge in [0.2, 0.25) is 0 Å². The third-order valence-corrected chi connectivity index (χ3v) is 9.55. The summed E-state index contributed by atoms with van der Waals surface area (Å²) in [4.78, 5) is 18.6. The lowest BCUT2D eigenvalue weighted by Crippen LogP contribution is -2.41. The second-order valence-electron chi connectivity index (χ2n) is 13.7. The molecule has 8 rings (SSSR count). The Hall–Kier alpha value is -5.92. The summed E-state index contributed by atoms with van der Waals surface area (Å²) in [5.74, 6) is -4.29. The molecule has 55 heavy (non-hydrogen) atoms. The first-order valence-corrected chi connectivity index (χ1v) is 17.1. The van der Waals surface area contributed by atoms with Crippen molar-refractivity contribution in [1.82, 2.24) is 19.9 Å². The number of hydrogen-bond donors (Lipinski definition) is 0. The van der Waals surface area contributed by atoms with Gasteiger partial charge in [0, 0.05) is 58.3 Å². The molecule has 13 heteroatoms. The highest BCUT2D eigenvalue weighted by molar-refractivity contribution is 6.62. The largest absolute Gasteiger partial charge is 0.497 e. The van der Waals surface area contributed by atoms with Crippen LogP contribution in [-0.4, -0.2) is 38.3 Å². The van der Waals surface area contributed by atoms with Gasteiger partial charge in [0.25, 0.3) is 0 Å². The quantitative estimate of drug-likeness (QED) is 0.129. The van der Waals surface area contributed by atoms with Gasteiger partial charge < -0.3 is 9.31 Å². The molecule has 3 aromatic heterocycles. The zero-order valence-electron chi connectivity index (χ0n) is 29.9. The summed E-state index contributed by atoms with van der Waals surface area (Å²) in [7, 11) is -0.791. The molecular formula is C42H31BF6N4O2. The molecule has 4 heterocycles. The van der Waals surface area contributed by atoms with Crippen LogP contribution in [0.3, 0.4) is 0 Å². The fourth-order valence-electron chi connectivity index (χ4n) is 6.01. The minimum atomic E-state index is -0.791. The van der Waals surface area contributed by atoms with Gasteiger partial charge in [0.15, 0.2) is 0 Å². The van der Waals surface area contributed by atoms with Crippen LogP contribution in [0.1, 0.15) is 27.7 Å². The second kappa shape index (κ2) is 14.7. The topological polar surface area (TPSA) is 70.0 Å². The highest BCUT2D eigenvalue weighted by atomic mass is 19.2. The minimum Gasteiger partial charge on any atom is -0.399 e. The molecule has 1 saturated heterocycles. The Morgan fingerprint density at radius 2 is 0.873 bits per heavy atom. The van der Waals surface area contributed by atoms with E-state index in [0.29, 0.717) is 33.9 Å². The Balaban J connectivity index is 0.000000229. The zero-order chi connectivity index (χ0) is 39.1. The van der Waals surface area contributed by atoms with Crippen LogP contribution in [0.5, 0.6) is 0 Å². The molecule has 0 atom stereocenters. The van der Waals surface area contributed by atoms with Gasteiger partial charge in [-0.15, -0.1) is 0 Å². The van der Waals surface area contributed by atoms with Crippen LogP contribution in [0.15, 0.2) is 116 Å². The van der Waals surface area contributed by atoms with Crippen LogP contribution in [0.4, 0.5) is 26.3 Å². The van der Waals surface area contributed by atoms with E-state index in [9.17, 15) is 26.3 Å². The van der Waals surface area contributed by atoms with Crippen molar-refractivity contribution in [3.05, 3.63) is 150 Å². The van der Waals surface area contributed by atoms with E-state index in [1.807, 2.05) is 27.7 Å². The Bertz CT molecular complexity index is 2390. The number of hydrogen-bond acceptors (Lipinski definition) is 6. The predicted molar refractivity (Wildman–Crippen MR) is 199 cm³/mol. The van der Waals surface area contributed by atoms with Crippen molar-refractivity contribution < 1.29 is 35.7 Å². The molecule has 1 aliphatic rings. The van der Waals surface area contributed by atoms with Gasteiger partial charge in [-0.3, -0.25) is 9.97 Å². The van der Waals surface area contributed by atoms with E-state index in [4.69, 9.17) is 19.3 Å². The van der Waals surface area contributed by atoms with Crippen LogP contribution in [0.2, 0.25) is 0 Å². The number of benzene rings is 4. The molecular weight excluding hydrogens is 717 g/mol. The molecule has 0 unspecified atom stereocenters. The van der Waals surface area contributed by atoms with E-state index in [1.165, 1.54) is 24.3 Å². The SMILES string of the molecule is CC1(C)OB(c2ccc(F)cc2F)OC1(C)C.Fc1ccc(-c2ccc(-c3ccc(F)cc3F)c3nc(-c4ccccn4)c(-c4ccccn4)nc23)c(F)c1. The van der Waals surface area contributed by atoms with Crippen LogP contribution in [0, 0.1) is 34.9 Å². The van der Waals surface area contributed by atoms with Crippen molar-refractivity contribution in [3.8, 4) is 45.0 Å². The highest BCUT2D eigenvalue weighted by Crippen LogP contribution is 2.40. The van der Waals surface area contributed by atoms with Crippen molar-refractivity contribution in [2.75, 3.05) is 0 Å². The van der Waals surface area contributed by atoms with E-state index >= 15 is 0 Å². The lowest BCUT2D eigenvalue weighted by molar-refractivity contribution is 0.00578. The van der Waals surface area contributed by atoms with E-state index in [1.54, 1.807) is 60.9 Å². The average molecular weight is 749 g/mol. The molecule has 276 valence electrons. The number of rotatable bonds is 5. The summed E-state index contributed by atoms with van der Waals surface area (Å²) < 4.78 is 95.1. The van der Waals surface area contributed by atoms with E-state index in [-0.39, 0.29) is 27.6 Å². The minimum absolute atomic E-state index is 0.0920. The first kappa shape index (κ1) is 37.4. The fourth-order valence-corrected chi connectivity index (χ4v) is 6.01. The highest BCUT2D eigenvalue weighted by Gasteiger charge is 2.52. The van der Waals surface area contributed by atoms with E-state index in [2.05, 4.69) is 9.97 Å². The zero-order valence-corrected chi connectivity index (χ0v) is 29.9. The maximum Gasteiger partial charge on any atom is 0.497 e. The predicted octanol–water partition coefficient (Wildman–Crippen LogP) is 9.91. The molecule has 0 amide bonds. The maximum absolute atomic E-state index is 15.0. The van der Waals surface area contributed by atoms with Crippen molar-refractivity contribution in [1.29, 1.82) is 0 Å². The third-order valence-electron chi connectivity index (χ3n) is 9.55. The van der Waals surface area contributed by atoms with Crippen molar-refractivity contribution >= 4 is 23.6 Å². The third kappa shape index (κ3) is 7.45. The first-order chi connectivity index (χ1) is 26.2. The van der Waals surface area contributed by atoms with E-state index < -0.39 is 53.2 Å². The summed E-state index contributed by atoms with van der Waals surface area (Å²) in [6, 6.07) is 23.6. The van der Waals surface area contributed by atoms with Crippen LogP contribution in [0.25, 0.3) is 56.1 Å². The first-order valence-electron chi connectivity index (χ1n) is 17.1. The second-order valence-corrected chi connectivity index (χ2v) is 13.7. The molecule has 1 fully saturated rings. The number of halogens is 6. The molecule has 0 saturated carbocycles. The van der Waals surface area contributed by atoms with Crippen LogP contribution in [-0.2, 0) is 9.31 Å². The fraction of sp³-hybridized carbons (Fsp3) is 0.143. The van der Waals surface area contributed by atoms with Crippen molar-refractivity contribution in [2.45, 2.75) is 38.9 Å². The van der Waals surface area contributed by atoms with Crippen molar-refractivity contribution in [3.63, 3.8) is 0 Å². The van der Waals surface area contributed by atoms with Crippen molar-refractivity contribution in [2.24, 2.45) is 0 Å². The van der Waals surface area contributed by atoms with Gasteiger partial charge in [0.1, 0.15) is 46.3 Å². The number of aromatic nitrogens is 4. The lowest BCUT2D eigenvalue weighted by atomic mass is 9.79. The molecule has 7 aromatic rings. The van der Waals surface area contributed by atoms with Gasteiger partial charge in [-0.2, -0.15) is 0 Å². The summed E-state index contributed by atoms with van der Waals surface area (Å²) in [5.41, 5.74) is 2.19. The molecule has 0 N–H and O–H groups in total. The molecule has 6 nitrogen and oxygen atoms in total. The lowest BCUT2D eigenvalue weighted by Gasteiger charge is -2.32. The normalized spacial score (nSPS) is 14.5. The molecule has 1 aliphatic heterocycles. The molecule has 0 spiro atoms. The van der Waals surface area contributed by atoms with Crippen LogP contribution < -0.4 is 5.46 Å². The van der Waals surface area contributed by atoms with E-state index in [0.717, 1.165) is 30.3 Å². The Kier molecular flexibility index (Phi) is 10.0. The monoisotopic (exact) mass is 748 g/mol. The summed E-state index contributed by atoms with van der Waals surface area (Å²) >= 11 is 0. The Morgan fingerprint density at radius 1 is 0.473 bits per heavy atom. The standard InChI is InChI=1S/C30H16F4N4.C12H15BF2O2/c31-17-7-9-19(23(33)15-17)21-11-12-22(20-10-8-18(32)16-24(20)34)28-27(21)37-29(25-5-1-3-13-35-25)30(38-28)26-6-2-4-14-36-26;1-11(2)12(3,4)17-13(16-11)9-6-5-8(14)7-10(9)15/h1-16H;5-7H,1-4H3. The molecule has 4 aromatic carbocycles. The molecule has 0 aliphatic carbocycles. The summed E-state index contributed by atoms with van der Waals surface area (Å²) in [6.07, 6.45) is 3.21. The van der Waals surface area contributed by atoms with Gasteiger partial charge in [-0.25, -0.2) is 36.3 Å². The average Bonchev–Trinajstić information content (AvgIpc) is 3.37. The number of nitrogens with zero attached hydrogens (tertiary/aromatic N) is 4. The smallest absolute Gasteiger partial charge is 0.399 e. The van der Waals surface area contributed by atoms with Crippen LogP contribution >= 0.6 is 0 Å². The van der Waals surface area contributed by atoms with Gasteiger partial charge in [0.05, 0.1) is 33.6 Å². The Morgan fingerprint density at radius 3 is 1.25 bits per heavy atom. The summed E-state index contributed by atoms with van der Waals surface area (Å²) in [5, 5.41) is 0. The number of pyridine rings is 2. The van der Waals surface area contributed by atoms with Gasteiger partial charge >= 0.3 is 7.12 Å². The molecule has 0 radical (unpaired) electrons. The molecule has 0 bridgehead atoms. The Labute approximate surface area is 313 Å². The van der Waals surface area contributed by atoms with Gasteiger partial charge in [-0.05, 0) is 82.3 Å². The summed E-state index contributed by atoms with van der Waals surface area (Å²) in [6.45, 7) is 7.53. The number of fused-ring (bicyclic) bond motifs is 1. The van der Waals surface area contributed by atoms with Gasteiger partial charge in [-0.1, -0.05) is 30.3 Å².